The zero-order chi connectivity index (χ0) is 18.2. The van der Waals surface area contributed by atoms with E-state index in [1.165, 1.54) is 19.2 Å². The predicted molar refractivity (Wildman–Crippen MR) is 88.9 cm³/mol. The second-order valence-corrected chi connectivity index (χ2v) is 7.29. The summed E-state index contributed by atoms with van der Waals surface area (Å²) in [5.41, 5.74) is 0.508. The first-order valence-corrected chi connectivity index (χ1v) is 9.19. The van der Waals surface area contributed by atoms with Crippen molar-refractivity contribution < 1.29 is 22.4 Å². The zero-order valence-corrected chi connectivity index (χ0v) is 14.8. The van der Waals surface area contributed by atoms with Gasteiger partial charge in [-0.25, -0.2) is 8.42 Å². The molecule has 1 aromatic carbocycles. The number of fused-ring (bicyclic) bond motifs is 1. The van der Waals surface area contributed by atoms with Gasteiger partial charge in [0.1, 0.15) is 11.4 Å². The molecule has 132 valence electrons. The molecule has 9 heteroatoms. The van der Waals surface area contributed by atoms with Crippen molar-refractivity contribution >= 4 is 27.8 Å². The van der Waals surface area contributed by atoms with Crippen molar-refractivity contribution in [2.45, 2.75) is 31.6 Å². The standard InChI is InChI=1S/C16H17N3O5S/c1-4-14-17-18-16(24-14)11-9-10-12(23-15(20)5-2)7-6-8-13(10)25(21,22)19(11)3/h6-9H,4-5H2,1-3H3. The van der Waals surface area contributed by atoms with E-state index in [9.17, 15) is 13.2 Å². The molecule has 0 fully saturated rings. The first kappa shape index (κ1) is 17.2. The SMILES string of the molecule is CCC(=O)Oc1cccc2c1C=C(c1nnc(CC)o1)N(C)S2(=O)=O. The van der Waals surface area contributed by atoms with Crippen LogP contribution in [0, 0.1) is 0 Å². The number of aryl methyl sites for hydroxylation is 1. The van der Waals surface area contributed by atoms with Crippen LogP contribution in [-0.4, -0.2) is 35.9 Å². The van der Waals surface area contributed by atoms with Gasteiger partial charge >= 0.3 is 5.97 Å². The lowest BCUT2D eigenvalue weighted by atomic mass is 10.1. The molecule has 1 aromatic heterocycles. The van der Waals surface area contributed by atoms with Crippen molar-refractivity contribution in [1.82, 2.24) is 14.5 Å². The van der Waals surface area contributed by atoms with E-state index in [1.807, 2.05) is 6.92 Å². The number of carbonyl (C=O) groups excluding carboxylic acids is 1. The second-order valence-electron chi connectivity index (χ2n) is 5.35. The van der Waals surface area contributed by atoms with Gasteiger partial charge in [0.25, 0.3) is 15.9 Å². The summed E-state index contributed by atoms with van der Waals surface area (Å²) in [6, 6.07) is 4.54. The highest BCUT2D eigenvalue weighted by molar-refractivity contribution is 7.89. The summed E-state index contributed by atoms with van der Waals surface area (Å²) in [6.07, 6.45) is 2.28. The fraction of sp³-hybridized carbons (Fsp3) is 0.312. The Bertz CT molecular complexity index is 962. The van der Waals surface area contributed by atoms with E-state index in [0.717, 1.165) is 4.31 Å². The molecule has 1 aliphatic heterocycles. The Hall–Kier alpha value is -2.68. The molecule has 2 heterocycles. The van der Waals surface area contributed by atoms with Gasteiger partial charge in [0, 0.05) is 25.5 Å². The second kappa shape index (κ2) is 6.32. The summed E-state index contributed by atoms with van der Waals surface area (Å²) in [5.74, 6) is 0.211. The van der Waals surface area contributed by atoms with Gasteiger partial charge in [0.05, 0.1) is 4.90 Å². The Morgan fingerprint density at radius 2 is 2.04 bits per heavy atom. The topological polar surface area (TPSA) is 103 Å². The molecule has 0 atom stereocenters. The van der Waals surface area contributed by atoms with Gasteiger partial charge in [-0.2, -0.15) is 0 Å². The van der Waals surface area contributed by atoms with Crippen LogP contribution >= 0.6 is 0 Å². The van der Waals surface area contributed by atoms with Crippen LogP contribution in [0.2, 0.25) is 0 Å². The van der Waals surface area contributed by atoms with Crippen LogP contribution < -0.4 is 4.74 Å². The molecule has 25 heavy (non-hydrogen) atoms. The Balaban J connectivity index is 2.19. The highest BCUT2D eigenvalue weighted by Gasteiger charge is 2.34. The van der Waals surface area contributed by atoms with Gasteiger partial charge in [-0.3, -0.25) is 9.10 Å². The molecule has 2 aromatic rings. The molecule has 8 nitrogen and oxygen atoms in total. The summed E-state index contributed by atoms with van der Waals surface area (Å²) in [5, 5.41) is 7.78. The summed E-state index contributed by atoms with van der Waals surface area (Å²) < 4.78 is 37.5. The highest BCUT2D eigenvalue weighted by atomic mass is 32.2. The Labute approximate surface area is 145 Å². The smallest absolute Gasteiger partial charge is 0.310 e. The fourth-order valence-corrected chi connectivity index (χ4v) is 3.75. The maximum atomic E-state index is 12.8. The molecule has 0 bridgehead atoms. The number of hydrogen-bond acceptors (Lipinski definition) is 7. The minimum absolute atomic E-state index is 0.0513. The molecular weight excluding hydrogens is 346 g/mol. The van der Waals surface area contributed by atoms with Crippen molar-refractivity contribution in [2.75, 3.05) is 7.05 Å². The third kappa shape index (κ3) is 2.91. The lowest BCUT2D eigenvalue weighted by Gasteiger charge is -2.26. The maximum absolute atomic E-state index is 12.8. The quantitative estimate of drug-likeness (QED) is 0.605. The van der Waals surface area contributed by atoms with Gasteiger partial charge in [0.2, 0.25) is 5.89 Å². The Morgan fingerprint density at radius 3 is 2.68 bits per heavy atom. The lowest BCUT2D eigenvalue weighted by molar-refractivity contribution is -0.134. The van der Waals surface area contributed by atoms with Crippen molar-refractivity contribution in [3.05, 3.63) is 35.5 Å². The number of carbonyl (C=O) groups is 1. The third-order valence-electron chi connectivity index (χ3n) is 3.79. The van der Waals surface area contributed by atoms with Crippen LogP contribution in [0.15, 0.2) is 27.5 Å². The number of esters is 1. The van der Waals surface area contributed by atoms with Crippen molar-refractivity contribution in [1.29, 1.82) is 0 Å². The number of ether oxygens (including phenoxy) is 1. The predicted octanol–water partition coefficient (Wildman–Crippen LogP) is 2.08. The van der Waals surface area contributed by atoms with Gasteiger partial charge in [0.15, 0.2) is 0 Å². The van der Waals surface area contributed by atoms with E-state index in [1.54, 1.807) is 19.1 Å². The van der Waals surface area contributed by atoms with E-state index in [-0.39, 0.29) is 34.2 Å². The molecule has 1 aliphatic rings. The fourth-order valence-electron chi connectivity index (χ4n) is 2.38. The summed E-state index contributed by atoms with van der Waals surface area (Å²) >= 11 is 0. The molecule has 0 aliphatic carbocycles. The van der Waals surface area contributed by atoms with Crippen molar-refractivity contribution in [2.24, 2.45) is 0 Å². The molecule has 0 saturated heterocycles. The maximum Gasteiger partial charge on any atom is 0.310 e. The average molecular weight is 363 g/mol. The lowest BCUT2D eigenvalue weighted by Crippen LogP contribution is -2.29. The van der Waals surface area contributed by atoms with Crippen LogP contribution in [0.1, 0.15) is 37.6 Å². The first-order chi connectivity index (χ1) is 11.9. The monoisotopic (exact) mass is 363 g/mol. The Kier molecular flexibility index (Phi) is 4.34. The molecule has 0 saturated carbocycles. The van der Waals surface area contributed by atoms with E-state index in [4.69, 9.17) is 9.15 Å². The summed E-state index contributed by atoms with van der Waals surface area (Å²) in [6.45, 7) is 3.51. The first-order valence-electron chi connectivity index (χ1n) is 7.75. The molecule has 0 radical (unpaired) electrons. The number of nitrogens with zero attached hydrogens (tertiary/aromatic N) is 3. The Morgan fingerprint density at radius 1 is 1.28 bits per heavy atom. The molecule has 3 rings (SSSR count). The number of aromatic nitrogens is 2. The number of benzene rings is 1. The number of rotatable bonds is 4. The van der Waals surface area contributed by atoms with Crippen LogP contribution in [0.5, 0.6) is 5.75 Å². The van der Waals surface area contributed by atoms with E-state index in [2.05, 4.69) is 10.2 Å². The summed E-state index contributed by atoms with van der Waals surface area (Å²) in [7, 11) is -2.43. The minimum atomic E-state index is -3.83. The van der Waals surface area contributed by atoms with Gasteiger partial charge in [-0.05, 0) is 18.2 Å². The van der Waals surface area contributed by atoms with Crippen LogP contribution in [-0.2, 0) is 21.2 Å². The van der Waals surface area contributed by atoms with Gasteiger partial charge < -0.3 is 9.15 Å². The van der Waals surface area contributed by atoms with E-state index < -0.39 is 16.0 Å². The average Bonchev–Trinajstić information content (AvgIpc) is 3.07. The van der Waals surface area contributed by atoms with E-state index >= 15 is 0 Å². The van der Waals surface area contributed by atoms with Crippen LogP contribution in [0.3, 0.4) is 0 Å². The van der Waals surface area contributed by atoms with Gasteiger partial charge in [-0.1, -0.05) is 19.9 Å². The van der Waals surface area contributed by atoms with Crippen LogP contribution in [0.4, 0.5) is 0 Å². The summed E-state index contributed by atoms with van der Waals surface area (Å²) in [4.78, 5) is 11.7. The zero-order valence-electron chi connectivity index (χ0n) is 14.0. The molecule has 0 spiro atoms. The molecule has 0 unspecified atom stereocenters. The van der Waals surface area contributed by atoms with Crippen LogP contribution in [0.25, 0.3) is 11.8 Å². The van der Waals surface area contributed by atoms with E-state index in [0.29, 0.717) is 12.3 Å². The number of sulfonamides is 1. The van der Waals surface area contributed by atoms with Gasteiger partial charge in [-0.15, -0.1) is 10.2 Å². The molecular formula is C16H17N3O5S. The minimum Gasteiger partial charge on any atom is -0.426 e. The molecule has 0 amide bonds. The van der Waals surface area contributed by atoms with Crippen molar-refractivity contribution in [3.63, 3.8) is 0 Å². The van der Waals surface area contributed by atoms with Crippen molar-refractivity contribution in [3.8, 4) is 5.75 Å². The largest absolute Gasteiger partial charge is 0.426 e. The third-order valence-corrected chi connectivity index (χ3v) is 5.62. The number of hydrogen-bond donors (Lipinski definition) is 0. The molecule has 0 N–H and O–H groups in total. The highest BCUT2D eigenvalue weighted by Crippen LogP contribution is 2.38. The normalized spacial score (nSPS) is 15.5.